The van der Waals surface area contributed by atoms with Gasteiger partial charge in [-0.3, -0.25) is 9.59 Å². The highest BCUT2D eigenvalue weighted by atomic mass is 16.5. The van der Waals surface area contributed by atoms with Crippen LogP contribution in [0.25, 0.3) is 0 Å². The molecule has 1 aromatic carbocycles. The van der Waals surface area contributed by atoms with Crippen molar-refractivity contribution < 1.29 is 19.1 Å². The van der Waals surface area contributed by atoms with E-state index in [9.17, 15) is 9.59 Å². The highest BCUT2D eigenvalue weighted by molar-refractivity contribution is 6.01. The molecular formula is C18H26N2O4. The lowest BCUT2D eigenvalue weighted by atomic mass is 10.1. The summed E-state index contributed by atoms with van der Waals surface area (Å²) in [6.07, 6.45) is 2.68. The Hall–Kier alpha value is -1.92. The van der Waals surface area contributed by atoms with Crippen LogP contribution >= 0.6 is 0 Å². The predicted molar refractivity (Wildman–Crippen MR) is 93.2 cm³/mol. The number of benzene rings is 1. The van der Waals surface area contributed by atoms with Crippen LogP contribution in [-0.2, 0) is 19.1 Å². The fourth-order valence-corrected chi connectivity index (χ4v) is 2.54. The van der Waals surface area contributed by atoms with Crippen LogP contribution in [0.1, 0.15) is 33.1 Å². The van der Waals surface area contributed by atoms with Gasteiger partial charge in [0, 0.05) is 20.6 Å². The molecule has 1 N–H and O–H groups in total. The normalized spacial score (nSPS) is 18.7. The van der Waals surface area contributed by atoms with Crippen LogP contribution in [0.5, 0.6) is 0 Å². The second-order valence-electron chi connectivity index (χ2n) is 6.05. The van der Waals surface area contributed by atoms with Gasteiger partial charge in [-0.25, -0.2) is 0 Å². The number of hydrogen-bond donors (Lipinski definition) is 1. The third-order valence-electron chi connectivity index (χ3n) is 4.17. The number of rotatable bonds is 6. The number of anilines is 2. The van der Waals surface area contributed by atoms with E-state index in [4.69, 9.17) is 9.47 Å². The van der Waals surface area contributed by atoms with E-state index in [0.717, 1.165) is 25.9 Å². The highest BCUT2D eigenvalue weighted by Gasteiger charge is 2.20. The van der Waals surface area contributed by atoms with Gasteiger partial charge in [-0.2, -0.15) is 0 Å². The Morgan fingerprint density at radius 1 is 1.38 bits per heavy atom. The molecule has 0 bridgehead atoms. The maximum atomic E-state index is 12.3. The Bertz CT molecular complexity index is 570. The van der Waals surface area contributed by atoms with E-state index in [2.05, 4.69) is 5.32 Å². The van der Waals surface area contributed by atoms with Crippen molar-refractivity contribution in [1.82, 2.24) is 0 Å². The zero-order valence-electron chi connectivity index (χ0n) is 14.6. The summed E-state index contributed by atoms with van der Waals surface area (Å²) in [7, 11) is 1.67. The molecule has 6 heteroatoms. The van der Waals surface area contributed by atoms with E-state index in [1.165, 1.54) is 11.8 Å². The van der Waals surface area contributed by atoms with Crippen molar-refractivity contribution in [3.05, 3.63) is 24.3 Å². The molecule has 1 fully saturated rings. The quantitative estimate of drug-likeness (QED) is 0.868. The highest BCUT2D eigenvalue weighted by Crippen LogP contribution is 2.25. The lowest BCUT2D eigenvalue weighted by Gasteiger charge is -2.24. The summed E-state index contributed by atoms with van der Waals surface area (Å²) < 4.78 is 11.2. The Morgan fingerprint density at radius 2 is 2.12 bits per heavy atom. The summed E-state index contributed by atoms with van der Waals surface area (Å²) in [5.41, 5.74) is 1.24. The van der Waals surface area contributed by atoms with Crippen LogP contribution in [0.4, 0.5) is 11.4 Å². The molecule has 0 aliphatic carbocycles. The molecule has 132 valence electrons. The van der Waals surface area contributed by atoms with E-state index in [-0.39, 0.29) is 17.9 Å². The summed E-state index contributed by atoms with van der Waals surface area (Å²) in [4.78, 5) is 25.4. The molecule has 1 aliphatic rings. The number of nitrogens with zero attached hydrogens (tertiary/aromatic N) is 1. The van der Waals surface area contributed by atoms with E-state index < -0.39 is 6.10 Å². The average Bonchev–Trinajstić information content (AvgIpc) is 2.60. The third-order valence-corrected chi connectivity index (χ3v) is 4.17. The minimum atomic E-state index is -0.591. The van der Waals surface area contributed by atoms with E-state index in [1.807, 2.05) is 12.1 Å². The van der Waals surface area contributed by atoms with Gasteiger partial charge in [0.05, 0.1) is 24.1 Å². The van der Waals surface area contributed by atoms with Crippen molar-refractivity contribution in [2.45, 2.75) is 45.3 Å². The topological polar surface area (TPSA) is 67.9 Å². The minimum Gasteiger partial charge on any atom is -0.376 e. The number of amides is 2. The third kappa shape index (κ3) is 5.04. The monoisotopic (exact) mass is 334 g/mol. The van der Waals surface area contributed by atoms with Gasteiger partial charge in [0.15, 0.2) is 0 Å². The standard InChI is InChI=1S/C18H26N2O4/c1-13(24-12-15-8-6-7-11-23-15)18(22)19-16-9-4-5-10-17(16)20(3)14(2)21/h4-5,9-10,13,15H,6-8,11-12H2,1-3H3,(H,19,22). The fraction of sp³-hybridized carbons (Fsp3) is 0.556. The summed E-state index contributed by atoms with van der Waals surface area (Å²) in [5.74, 6) is -0.342. The average molecular weight is 334 g/mol. The smallest absolute Gasteiger partial charge is 0.253 e. The maximum absolute atomic E-state index is 12.3. The lowest BCUT2D eigenvalue weighted by Crippen LogP contribution is -2.33. The minimum absolute atomic E-state index is 0.0742. The Labute approximate surface area is 143 Å². The second kappa shape index (κ2) is 8.80. The summed E-state index contributed by atoms with van der Waals surface area (Å²) >= 11 is 0. The number of ether oxygens (including phenoxy) is 2. The zero-order chi connectivity index (χ0) is 17.5. The van der Waals surface area contributed by atoms with Gasteiger partial charge in [-0.1, -0.05) is 12.1 Å². The van der Waals surface area contributed by atoms with Crippen LogP contribution in [0, 0.1) is 0 Å². The summed E-state index contributed by atoms with van der Waals surface area (Å²) in [6.45, 7) is 4.38. The van der Waals surface area contributed by atoms with Crippen LogP contribution in [-0.4, -0.2) is 44.3 Å². The first kappa shape index (κ1) is 18.4. The van der Waals surface area contributed by atoms with Gasteiger partial charge in [-0.05, 0) is 38.3 Å². The predicted octanol–water partition coefficient (Wildman–Crippen LogP) is 2.58. The van der Waals surface area contributed by atoms with Crippen LogP contribution in [0.3, 0.4) is 0 Å². The summed E-state index contributed by atoms with van der Waals surface area (Å²) in [6, 6.07) is 7.20. The molecular weight excluding hydrogens is 308 g/mol. The van der Waals surface area contributed by atoms with Crippen LogP contribution in [0.15, 0.2) is 24.3 Å². The molecule has 2 rings (SSSR count). The van der Waals surface area contributed by atoms with Crippen molar-refractivity contribution in [2.75, 3.05) is 30.5 Å². The molecule has 6 nitrogen and oxygen atoms in total. The molecule has 1 aromatic rings. The van der Waals surface area contributed by atoms with Crippen LogP contribution < -0.4 is 10.2 Å². The van der Waals surface area contributed by atoms with E-state index in [1.54, 1.807) is 26.1 Å². The molecule has 1 saturated heterocycles. The second-order valence-corrected chi connectivity index (χ2v) is 6.05. The molecule has 2 atom stereocenters. The van der Waals surface area contributed by atoms with Gasteiger partial charge >= 0.3 is 0 Å². The number of para-hydroxylation sites is 2. The molecule has 0 saturated carbocycles. The summed E-state index contributed by atoms with van der Waals surface area (Å²) in [5, 5.41) is 2.84. The first-order valence-corrected chi connectivity index (χ1v) is 8.36. The SMILES string of the molecule is CC(=O)N(C)c1ccccc1NC(=O)C(C)OCC1CCCCO1. The van der Waals surface area contributed by atoms with Gasteiger partial charge < -0.3 is 19.7 Å². The molecule has 2 amide bonds. The van der Waals surface area contributed by atoms with Gasteiger partial charge in [0.25, 0.3) is 5.91 Å². The molecule has 2 unspecified atom stereocenters. The Morgan fingerprint density at radius 3 is 2.79 bits per heavy atom. The molecule has 1 heterocycles. The lowest BCUT2D eigenvalue weighted by molar-refractivity contribution is -0.130. The van der Waals surface area contributed by atoms with Gasteiger partial charge in [0.2, 0.25) is 5.91 Å². The molecule has 24 heavy (non-hydrogen) atoms. The maximum Gasteiger partial charge on any atom is 0.253 e. The Balaban J connectivity index is 1.92. The Kier molecular flexibility index (Phi) is 6.75. The first-order chi connectivity index (χ1) is 11.5. The zero-order valence-corrected chi connectivity index (χ0v) is 14.6. The largest absolute Gasteiger partial charge is 0.376 e. The number of nitrogens with one attached hydrogen (secondary N) is 1. The number of carbonyl (C=O) groups is 2. The van der Waals surface area contributed by atoms with Crippen molar-refractivity contribution in [2.24, 2.45) is 0 Å². The van der Waals surface area contributed by atoms with Crippen molar-refractivity contribution in [3.63, 3.8) is 0 Å². The van der Waals surface area contributed by atoms with Crippen molar-refractivity contribution in [1.29, 1.82) is 0 Å². The first-order valence-electron chi connectivity index (χ1n) is 8.36. The van der Waals surface area contributed by atoms with Gasteiger partial charge in [0.1, 0.15) is 6.10 Å². The molecule has 0 radical (unpaired) electrons. The number of hydrogen-bond acceptors (Lipinski definition) is 4. The van der Waals surface area contributed by atoms with Crippen LogP contribution in [0.2, 0.25) is 0 Å². The fourth-order valence-electron chi connectivity index (χ4n) is 2.54. The van der Waals surface area contributed by atoms with Gasteiger partial charge in [-0.15, -0.1) is 0 Å². The molecule has 0 spiro atoms. The van der Waals surface area contributed by atoms with E-state index >= 15 is 0 Å². The van der Waals surface area contributed by atoms with Crippen molar-refractivity contribution in [3.8, 4) is 0 Å². The number of carbonyl (C=O) groups excluding carboxylic acids is 2. The van der Waals surface area contributed by atoms with Crippen molar-refractivity contribution >= 4 is 23.2 Å². The molecule has 1 aliphatic heterocycles. The molecule has 0 aromatic heterocycles. The van der Waals surface area contributed by atoms with E-state index in [0.29, 0.717) is 18.0 Å².